The quantitative estimate of drug-likeness (QED) is 0.707. The lowest BCUT2D eigenvalue weighted by Gasteiger charge is -2.34. The van der Waals surface area contributed by atoms with Gasteiger partial charge in [0.2, 0.25) is 0 Å². The van der Waals surface area contributed by atoms with Crippen molar-refractivity contribution in [1.82, 2.24) is 0 Å². The molecule has 0 saturated carbocycles. The van der Waals surface area contributed by atoms with Crippen LogP contribution in [0.15, 0.2) is 48.5 Å². The predicted octanol–water partition coefficient (Wildman–Crippen LogP) is 1.26. The number of nitrogens with zero attached hydrogens (tertiary/aromatic N) is 1. The molecule has 0 bridgehead atoms. The Morgan fingerprint density at radius 3 is 2.72 bits per heavy atom. The molecule has 6 nitrogen and oxygen atoms in total. The van der Waals surface area contributed by atoms with Crippen molar-refractivity contribution >= 4 is 17.3 Å². The summed E-state index contributed by atoms with van der Waals surface area (Å²) in [7, 11) is 0. The van der Waals surface area contributed by atoms with Crippen LogP contribution in [0.3, 0.4) is 0 Å². The number of benzene rings is 2. The summed E-state index contributed by atoms with van der Waals surface area (Å²) in [6.45, 7) is 5.75. The first-order valence-corrected chi connectivity index (χ1v) is 10.5. The molecule has 0 unspecified atom stereocenters. The molecule has 0 radical (unpaired) electrons. The predicted molar refractivity (Wildman–Crippen MR) is 112 cm³/mol. The van der Waals surface area contributed by atoms with Crippen LogP contribution >= 0.6 is 11.6 Å². The lowest BCUT2D eigenvalue weighted by atomic mass is 10.2. The molecule has 2 N–H and O–H groups in total. The van der Waals surface area contributed by atoms with Gasteiger partial charge in [0.1, 0.15) is 19.3 Å². The largest absolute Gasteiger partial charge is 0.486 e. The Kier molecular flexibility index (Phi) is 6.77. The number of aliphatic hydroxyl groups excluding tert-OH is 1. The van der Waals surface area contributed by atoms with Gasteiger partial charge in [0.25, 0.3) is 0 Å². The summed E-state index contributed by atoms with van der Waals surface area (Å²) in [5.41, 5.74) is 1.16. The van der Waals surface area contributed by atoms with Gasteiger partial charge in [-0.05, 0) is 30.3 Å². The zero-order chi connectivity index (χ0) is 20.1. The van der Waals surface area contributed by atoms with E-state index < -0.39 is 6.10 Å². The number of anilines is 1. The summed E-state index contributed by atoms with van der Waals surface area (Å²) in [5.74, 6) is 1.51. The number of halogens is 1. The maximum absolute atomic E-state index is 10.4. The van der Waals surface area contributed by atoms with E-state index in [2.05, 4.69) is 11.0 Å². The van der Waals surface area contributed by atoms with Gasteiger partial charge in [-0.2, -0.15) is 0 Å². The van der Waals surface area contributed by atoms with Crippen LogP contribution in [0.2, 0.25) is 5.02 Å². The number of quaternary nitrogens is 1. The molecule has 2 aliphatic heterocycles. The van der Waals surface area contributed by atoms with E-state index in [0.29, 0.717) is 26.4 Å². The first-order valence-electron chi connectivity index (χ1n) is 10.2. The third-order valence-corrected chi connectivity index (χ3v) is 5.58. The summed E-state index contributed by atoms with van der Waals surface area (Å²) >= 11 is 6.10. The first kappa shape index (κ1) is 20.3. The number of piperazine rings is 1. The van der Waals surface area contributed by atoms with Crippen LogP contribution in [-0.4, -0.2) is 69.9 Å². The molecule has 1 saturated heterocycles. The monoisotopic (exact) mass is 419 g/mol. The van der Waals surface area contributed by atoms with Crippen LogP contribution in [0.25, 0.3) is 0 Å². The molecule has 2 aliphatic rings. The second kappa shape index (κ2) is 9.67. The van der Waals surface area contributed by atoms with Gasteiger partial charge in [-0.25, -0.2) is 0 Å². The highest BCUT2D eigenvalue weighted by atomic mass is 35.5. The molecule has 0 spiro atoms. The minimum absolute atomic E-state index is 0.148. The number of fused-ring (bicyclic) bond motifs is 1. The van der Waals surface area contributed by atoms with Crippen LogP contribution < -0.4 is 19.3 Å². The topological polar surface area (TPSA) is 55.6 Å². The first-order chi connectivity index (χ1) is 14.2. The van der Waals surface area contributed by atoms with Gasteiger partial charge in [0, 0.05) is 10.7 Å². The fraction of sp³-hybridized carbons (Fsp3) is 0.455. The van der Waals surface area contributed by atoms with E-state index in [-0.39, 0.29) is 6.10 Å². The number of para-hydroxylation sites is 2. The zero-order valence-corrected chi connectivity index (χ0v) is 17.2. The minimum atomic E-state index is -0.487. The zero-order valence-electron chi connectivity index (χ0n) is 16.4. The van der Waals surface area contributed by atoms with E-state index in [4.69, 9.17) is 25.8 Å². The summed E-state index contributed by atoms with van der Waals surface area (Å²) in [6.07, 6.45) is -0.634. The van der Waals surface area contributed by atoms with E-state index in [0.717, 1.165) is 48.4 Å². The van der Waals surface area contributed by atoms with Gasteiger partial charge in [-0.3, -0.25) is 0 Å². The molecule has 1 fully saturated rings. The number of hydrogen-bond donors (Lipinski definition) is 2. The fourth-order valence-electron chi connectivity index (χ4n) is 3.83. The number of hydrogen-bond acceptors (Lipinski definition) is 5. The third-order valence-electron chi connectivity index (χ3n) is 5.35. The highest BCUT2D eigenvalue weighted by Gasteiger charge is 2.24. The maximum atomic E-state index is 10.4. The number of aliphatic hydroxyl groups is 1. The van der Waals surface area contributed by atoms with Gasteiger partial charge in [0.15, 0.2) is 17.6 Å². The van der Waals surface area contributed by atoms with Crippen molar-refractivity contribution < 1.29 is 24.2 Å². The lowest BCUT2D eigenvalue weighted by molar-refractivity contribution is -0.903. The summed E-state index contributed by atoms with van der Waals surface area (Å²) in [4.78, 5) is 3.74. The number of rotatable bonds is 7. The molecule has 0 aliphatic carbocycles. The highest BCUT2D eigenvalue weighted by molar-refractivity contribution is 6.30. The molecule has 29 heavy (non-hydrogen) atoms. The fourth-order valence-corrected chi connectivity index (χ4v) is 4.02. The van der Waals surface area contributed by atoms with Gasteiger partial charge in [0.05, 0.1) is 39.4 Å². The van der Waals surface area contributed by atoms with Gasteiger partial charge < -0.3 is 29.1 Å². The van der Waals surface area contributed by atoms with Crippen molar-refractivity contribution in [1.29, 1.82) is 0 Å². The molecule has 2 aromatic carbocycles. The lowest BCUT2D eigenvalue weighted by Crippen LogP contribution is -3.16. The third kappa shape index (κ3) is 5.54. The molecule has 2 heterocycles. The average Bonchev–Trinajstić information content (AvgIpc) is 2.74. The molecule has 0 aromatic heterocycles. The Hall–Kier alpha value is -1.99. The number of ether oxygens (including phenoxy) is 3. The van der Waals surface area contributed by atoms with Crippen molar-refractivity contribution in [3.8, 4) is 11.5 Å². The van der Waals surface area contributed by atoms with Crippen molar-refractivity contribution in [2.24, 2.45) is 0 Å². The normalized spacial score (nSPS) is 20.5. The molecular weight excluding hydrogens is 392 g/mol. The van der Waals surface area contributed by atoms with E-state index in [9.17, 15) is 5.11 Å². The van der Waals surface area contributed by atoms with E-state index >= 15 is 0 Å². The standard InChI is InChI=1S/C22H27ClN2O4/c23-17-4-3-5-18(12-17)25-10-8-24(9-11-25)13-19(26)14-27-15-20-16-28-21-6-1-2-7-22(21)29-20/h1-7,12,19-20,26H,8-11,13-16H2/p+1/t19-,20-/m0/s1. The van der Waals surface area contributed by atoms with Crippen molar-refractivity contribution in [3.05, 3.63) is 53.6 Å². The van der Waals surface area contributed by atoms with Crippen LogP contribution in [0, 0.1) is 0 Å². The van der Waals surface area contributed by atoms with Gasteiger partial charge in [-0.1, -0.05) is 29.8 Å². The number of nitrogens with one attached hydrogen (secondary N) is 1. The van der Waals surface area contributed by atoms with Crippen molar-refractivity contribution in [3.63, 3.8) is 0 Å². The van der Waals surface area contributed by atoms with Crippen molar-refractivity contribution in [2.45, 2.75) is 12.2 Å². The van der Waals surface area contributed by atoms with E-state index in [1.807, 2.05) is 42.5 Å². The Labute approximate surface area is 176 Å². The highest BCUT2D eigenvalue weighted by Crippen LogP contribution is 2.30. The molecule has 4 rings (SSSR count). The van der Waals surface area contributed by atoms with E-state index in [1.165, 1.54) is 4.90 Å². The van der Waals surface area contributed by atoms with Crippen LogP contribution in [0.1, 0.15) is 0 Å². The Balaban J connectivity index is 1.14. The molecule has 156 valence electrons. The molecule has 2 atom stereocenters. The van der Waals surface area contributed by atoms with Crippen LogP contribution in [0.5, 0.6) is 11.5 Å². The molecule has 0 amide bonds. The SMILES string of the molecule is O[C@H](COC[C@H]1COc2ccccc2O1)C[NH+]1CCN(c2cccc(Cl)c2)CC1. The minimum Gasteiger partial charge on any atom is -0.486 e. The van der Waals surface area contributed by atoms with Crippen molar-refractivity contribution in [2.75, 3.05) is 57.4 Å². The molecule has 7 heteroatoms. The average molecular weight is 420 g/mol. The van der Waals surface area contributed by atoms with Gasteiger partial charge >= 0.3 is 0 Å². The maximum Gasteiger partial charge on any atom is 0.161 e. The molecular formula is C22H28ClN2O4+. The summed E-state index contributed by atoms with van der Waals surface area (Å²) in [6, 6.07) is 15.6. The second-order valence-electron chi connectivity index (χ2n) is 7.61. The molecule has 2 aromatic rings. The summed E-state index contributed by atoms with van der Waals surface area (Å²) < 4.78 is 17.3. The summed E-state index contributed by atoms with van der Waals surface area (Å²) in [5, 5.41) is 11.1. The van der Waals surface area contributed by atoms with Gasteiger partial charge in [-0.15, -0.1) is 0 Å². The Morgan fingerprint density at radius 1 is 1.14 bits per heavy atom. The van der Waals surface area contributed by atoms with Crippen LogP contribution in [0.4, 0.5) is 5.69 Å². The second-order valence-corrected chi connectivity index (χ2v) is 8.05. The Bertz CT molecular complexity index is 798. The van der Waals surface area contributed by atoms with Crippen LogP contribution in [-0.2, 0) is 4.74 Å². The smallest absolute Gasteiger partial charge is 0.161 e. The van der Waals surface area contributed by atoms with E-state index in [1.54, 1.807) is 0 Å². The Morgan fingerprint density at radius 2 is 1.93 bits per heavy atom.